The van der Waals surface area contributed by atoms with Crippen molar-refractivity contribution in [3.05, 3.63) is 69.7 Å². The van der Waals surface area contributed by atoms with Gasteiger partial charge in [-0.05, 0) is 53.6 Å². The highest BCUT2D eigenvalue weighted by atomic mass is 35.5. The van der Waals surface area contributed by atoms with Crippen molar-refractivity contribution in [3.63, 3.8) is 0 Å². The van der Waals surface area contributed by atoms with Gasteiger partial charge in [-0.15, -0.1) is 0 Å². The molecule has 0 fully saturated rings. The van der Waals surface area contributed by atoms with Crippen molar-refractivity contribution in [1.82, 2.24) is 0 Å². The van der Waals surface area contributed by atoms with E-state index in [0.717, 1.165) is 0 Å². The number of carbonyl (C=O) groups is 2. The summed E-state index contributed by atoms with van der Waals surface area (Å²) in [6.45, 7) is 0. The molecule has 2 aromatic carbocycles. The molecule has 0 aliphatic heterocycles. The normalized spacial score (nSPS) is 11.2. The molecule has 0 atom stereocenters. The van der Waals surface area contributed by atoms with Crippen LogP contribution in [0.25, 0.3) is 12.2 Å². The Kier molecular flexibility index (Phi) is 7.01. The number of hydrogen-bond acceptors (Lipinski definition) is 4. The summed E-state index contributed by atoms with van der Waals surface area (Å²) in [5.74, 6) is -0.379. The van der Waals surface area contributed by atoms with Crippen LogP contribution in [0.15, 0.2) is 48.6 Å². The van der Waals surface area contributed by atoms with Crippen LogP contribution in [-0.4, -0.2) is 23.8 Å². The molecule has 0 saturated heterocycles. The number of phenolic OH excluding ortho intramolecular Hbond substituents is 1. The van der Waals surface area contributed by atoms with Gasteiger partial charge >= 0.3 is 0 Å². The van der Waals surface area contributed by atoms with Gasteiger partial charge in [0.05, 0.1) is 13.5 Å². The molecule has 4 nitrogen and oxygen atoms in total. The van der Waals surface area contributed by atoms with Crippen LogP contribution in [0.3, 0.4) is 0 Å². The molecule has 2 aromatic rings. The van der Waals surface area contributed by atoms with E-state index < -0.39 is 0 Å². The van der Waals surface area contributed by atoms with Crippen LogP contribution in [0.1, 0.15) is 17.5 Å². The first-order chi connectivity index (χ1) is 12.4. The van der Waals surface area contributed by atoms with Gasteiger partial charge in [-0.3, -0.25) is 9.59 Å². The summed E-state index contributed by atoms with van der Waals surface area (Å²) < 4.78 is 4.95. The number of halogens is 2. The van der Waals surface area contributed by atoms with Crippen molar-refractivity contribution in [2.45, 2.75) is 6.42 Å². The quantitative estimate of drug-likeness (QED) is 0.535. The number of phenols is 1. The Morgan fingerprint density at radius 2 is 1.73 bits per heavy atom. The first-order valence-corrected chi connectivity index (χ1v) is 8.38. The number of ketones is 2. The molecule has 0 aromatic heterocycles. The second kappa shape index (κ2) is 9.22. The van der Waals surface area contributed by atoms with E-state index >= 15 is 0 Å². The first kappa shape index (κ1) is 19.8. The van der Waals surface area contributed by atoms with Gasteiger partial charge in [0.2, 0.25) is 0 Å². The maximum atomic E-state index is 11.9. The molecule has 134 valence electrons. The molecule has 0 bridgehead atoms. The second-order valence-corrected chi connectivity index (χ2v) is 6.22. The zero-order chi connectivity index (χ0) is 19.1. The largest absolute Gasteiger partial charge is 0.504 e. The van der Waals surface area contributed by atoms with Gasteiger partial charge in [-0.25, -0.2) is 0 Å². The van der Waals surface area contributed by atoms with Gasteiger partial charge in [0.25, 0.3) is 0 Å². The average molecular weight is 391 g/mol. The molecule has 0 unspecified atom stereocenters. The molecular formula is C20H16Cl2O4. The van der Waals surface area contributed by atoms with Crippen molar-refractivity contribution < 1.29 is 19.4 Å². The monoisotopic (exact) mass is 390 g/mol. The predicted molar refractivity (Wildman–Crippen MR) is 104 cm³/mol. The number of ether oxygens (including phenoxy) is 1. The fourth-order valence-corrected chi connectivity index (χ4v) is 2.58. The van der Waals surface area contributed by atoms with Gasteiger partial charge in [0.1, 0.15) is 0 Å². The predicted octanol–water partition coefficient (Wildman–Crippen LogP) is 4.96. The number of rotatable bonds is 7. The highest BCUT2D eigenvalue weighted by Gasteiger charge is 2.05. The van der Waals surface area contributed by atoms with E-state index in [9.17, 15) is 14.7 Å². The third kappa shape index (κ3) is 5.76. The molecule has 0 saturated carbocycles. The molecule has 0 amide bonds. The summed E-state index contributed by atoms with van der Waals surface area (Å²) in [4.78, 5) is 23.8. The summed E-state index contributed by atoms with van der Waals surface area (Å²) in [5.41, 5.74) is 1.26. The lowest BCUT2D eigenvalue weighted by Crippen LogP contribution is -2.01. The van der Waals surface area contributed by atoms with Crippen molar-refractivity contribution in [1.29, 1.82) is 0 Å². The summed E-state index contributed by atoms with van der Waals surface area (Å²) in [6.07, 6.45) is 5.40. The average Bonchev–Trinajstić information content (AvgIpc) is 2.59. The Hall–Kier alpha value is -2.56. The molecule has 0 aliphatic carbocycles. The van der Waals surface area contributed by atoms with Gasteiger partial charge in [-0.2, -0.15) is 0 Å². The van der Waals surface area contributed by atoms with E-state index in [1.807, 2.05) is 0 Å². The Balaban J connectivity index is 1.95. The van der Waals surface area contributed by atoms with Crippen LogP contribution in [0.2, 0.25) is 10.0 Å². The minimum Gasteiger partial charge on any atom is -0.504 e. The molecule has 26 heavy (non-hydrogen) atoms. The van der Waals surface area contributed by atoms with Crippen molar-refractivity contribution in [2.75, 3.05) is 7.11 Å². The number of benzene rings is 2. The van der Waals surface area contributed by atoms with Crippen LogP contribution in [0, 0.1) is 0 Å². The summed E-state index contributed by atoms with van der Waals surface area (Å²) in [5, 5.41) is 10.6. The van der Waals surface area contributed by atoms with E-state index in [1.54, 1.807) is 36.4 Å². The number of carbonyl (C=O) groups excluding carboxylic acids is 2. The Labute approximate surface area is 161 Å². The Morgan fingerprint density at radius 1 is 1.04 bits per heavy atom. The highest BCUT2D eigenvalue weighted by molar-refractivity contribution is 6.35. The van der Waals surface area contributed by atoms with E-state index in [0.29, 0.717) is 26.9 Å². The zero-order valence-electron chi connectivity index (χ0n) is 13.9. The Bertz CT molecular complexity index is 885. The molecule has 0 aliphatic rings. The molecule has 0 spiro atoms. The van der Waals surface area contributed by atoms with Crippen LogP contribution >= 0.6 is 23.2 Å². The molecule has 0 radical (unpaired) electrons. The number of allylic oxidation sites excluding steroid dienone is 2. The van der Waals surface area contributed by atoms with Gasteiger partial charge in [-0.1, -0.05) is 41.4 Å². The van der Waals surface area contributed by atoms with Crippen molar-refractivity contribution in [2.24, 2.45) is 0 Å². The lowest BCUT2D eigenvalue weighted by Gasteiger charge is -2.03. The molecule has 0 heterocycles. The molecular weight excluding hydrogens is 375 g/mol. The zero-order valence-corrected chi connectivity index (χ0v) is 15.4. The maximum Gasteiger partial charge on any atom is 0.163 e. The van der Waals surface area contributed by atoms with Crippen LogP contribution in [0.4, 0.5) is 0 Å². The topological polar surface area (TPSA) is 63.6 Å². The lowest BCUT2D eigenvalue weighted by molar-refractivity contribution is -0.121. The fraction of sp³-hybridized carbons (Fsp3) is 0.100. The summed E-state index contributed by atoms with van der Waals surface area (Å²) in [6, 6.07) is 9.66. The molecule has 6 heteroatoms. The van der Waals surface area contributed by atoms with Crippen molar-refractivity contribution >= 4 is 46.9 Å². The third-order valence-corrected chi connectivity index (χ3v) is 3.99. The van der Waals surface area contributed by atoms with E-state index in [4.69, 9.17) is 27.9 Å². The SMILES string of the molecule is COc1ccc(/C=C/C(=O)CC(=O)/C=C/c2ccc(Cl)cc2Cl)cc1O. The minimum atomic E-state index is -0.350. The van der Waals surface area contributed by atoms with E-state index in [-0.39, 0.29) is 23.7 Å². The highest BCUT2D eigenvalue weighted by Crippen LogP contribution is 2.26. The van der Waals surface area contributed by atoms with E-state index in [2.05, 4.69) is 0 Å². The number of methoxy groups -OCH3 is 1. The third-order valence-electron chi connectivity index (χ3n) is 3.42. The lowest BCUT2D eigenvalue weighted by atomic mass is 10.1. The van der Waals surface area contributed by atoms with Gasteiger partial charge < -0.3 is 9.84 Å². The summed E-state index contributed by atoms with van der Waals surface area (Å²) in [7, 11) is 1.45. The first-order valence-electron chi connectivity index (χ1n) is 7.63. The minimum absolute atomic E-state index is 0.0269. The van der Waals surface area contributed by atoms with Crippen LogP contribution < -0.4 is 4.74 Å². The fourth-order valence-electron chi connectivity index (χ4n) is 2.11. The number of hydrogen-bond donors (Lipinski definition) is 1. The molecule has 1 N–H and O–H groups in total. The Morgan fingerprint density at radius 3 is 2.35 bits per heavy atom. The number of aromatic hydroxyl groups is 1. The molecule has 2 rings (SSSR count). The summed E-state index contributed by atoms with van der Waals surface area (Å²) >= 11 is 11.8. The maximum absolute atomic E-state index is 11.9. The standard InChI is InChI=1S/C20H16Cl2O4/c1-26-20-9-3-13(10-19(20)25)2-7-16(23)12-17(24)8-5-14-4-6-15(21)11-18(14)22/h2-11,25H,12H2,1H3/b7-2+,8-5+. The second-order valence-electron chi connectivity index (χ2n) is 5.37. The van der Waals surface area contributed by atoms with Gasteiger partial charge in [0, 0.05) is 10.0 Å². The van der Waals surface area contributed by atoms with Crippen LogP contribution in [-0.2, 0) is 9.59 Å². The van der Waals surface area contributed by atoms with Crippen molar-refractivity contribution in [3.8, 4) is 11.5 Å². The van der Waals surface area contributed by atoms with E-state index in [1.165, 1.54) is 31.4 Å². The van der Waals surface area contributed by atoms with Gasteiger partial charge in [0.15, 0.2) is 23.1 Å². The smallest absolute Gasteiger partial charge is 0.163 e. The van der Waals surface area contributed by atoms with Crippen LogP contribution in [0.5, 0.6) is 11.5 Å².